The Bertz CT molecular complexity index is 630. The van der Waals surface area contributed by atoms with Crippen LogP contribution in [0.3, 0.4) is 0 Å². The second-order valence-electron chi connectivity index (χ2n) is 6.50. The Labute approximate surface area is 119 Å². The minimum absolute atomic E-state index is 0.143. The van der Waals surface area contributed by atoms with E-state index in [1.165, 1.54) is 5.69 Å². The molecule has 2 aromatic heterocycles. The maximum atomic E-state index is 10.3. The normalized spacial score (nSPS) is 20.7. The van der Waals surface area contributed by atoms with Crippen LogP contribution in [0.25, 0.3) is 0 Å². The van der Waals surface area contributed by atoms with E-state index in [1.807, 2.05) is 19.1 Å². The van der Waals surface area contributed by atoms with Crippen molar-refractivity contribution in [1.82, 2.24) is 14.5 Å². The minimum atomic E-state index is -0.345. The number of hydrogen-bond donors (Lipinski definition) is 1. The maximum Gasteiger partial charge on any atom is 0.125 e. The van der Waals surface area contributed by atoms with Crippen molar-refractivity contribution in [3.05, 3.63) is 47.3 Å². The molecule has 0 bridgehead atoms. The highest BCUT2D eigenvalue weighted by Gasteiger charge is 2.33. The Morgan fingerprint density at radius 1 is 1.40 bits per heavy atom. The molecular weight excluding hydrogens is 250 g/mol. The highest BCUT2D eigenvalue weighted by atomic mass is 16.3. The number of hydrogen-bond acceptors (Lipinski definition) is 3. The van der Waals surface area contributed by atoms with E-state index in [2.05, 4.69) is 34.6 Å². The van der Waals surface area contributed by atoms with E-state index in [0.717, 1.165) is 36.5 Å². The van der Waals surface area contributed by atoms with Gasteiger partial charge < -0.3 is 9.67 Å². The molecule has 20 heavy (non-hydrogen) atoms. The average molecular weight is 271 g/mol. The summed E-state index contributed by atoms with van der Waals surface area (Å²) in [5.74, 6) is 0.795. The van der Waals surface area contributed by atoms with Crippen molar-refractivity contribution in [3.8, 4) is 0 Å². The fourth-order valence-electron chi connectivity index (χ4n) is 3.10. The largest absolute Gasteiger partial charge is 0.388 e. The number of aromatic nitrogens is 3. The van der Waals surface area contributed by atoms with Crippen LogP contribution in [0.5, 0.6) is 0 Å². The zero-order chi connectivity index (χ0) is 14.3. The first-order valence-electron chi connectivity index (χ1n) is 7.09. The van der Waals surface area contributed by atoms with E-state index in [4.69, 9.17) is 0 Å². The summed E-state index contributed by atoms with van der Waals surface area (Å²) in [6, 6.07) is 3.99. The summed E-state index contributed by atoms with van der Waals surface area (Å²) in [5.41, 5.74) is 3.47. The van der Waals surface area contributed by atoms with Crippen LogP contribution in [0.2, 0.25) is 0 Å². The molecular formula is C16H21N3O. The van der Waals surface area contributed by atoms with Crippen LogP contribution in [-0.4, -0.2) is 19.6 Å². The third-order valence-corrected chi connectivity index (χ3v) is 4.03. The predicted molar refractivity (Wildman–Crippen MR) is 77.4 cm³/mol. The first-order chi connectivity index (χ1) is 9.44. The van der Waals surface area contributed by atoms with Crippen LogP contribution in [0.15, 0.2) is 24.5 Å². The molecule has 4 nitrogen and oxygen atoms in total. The van der Waals surface area contributed by atoms with Gasteiger partial charge in [0.2, 0.25) is 0 Å². The fourth-order valence-corrected chi connectivity index (χ4v) is 3.10. The van der Waals surface area contributed by atoms with Crippen LogP contribution in [0.1, 0.15) is 49.1 Å². The molecule has 0 aliphatic heterocycles. The molecule has 3 rings (SSSR count). The summed E-state index contributed by atoms with van der Waals surface area (Å²) in [4.78, 5) is 8.59. The van der Waals surface area contributed by atoms with E-state index in [0.29, 0.717) is 0 Å². The Hall–Kier alpha value is -1.68. The van der Waals surface area contributed by atoms with Crippen LogP contribution in [-0.2, 0) is 13.0 Å². The summed E-state index contributed by atoms with van der Waals surface area (Å²) in [6.07, 6.45) is 5.34. The minimum Gasteiger partial charge on any atom is -0.388 e. The number of fused-ring (bicyclic) bond motifs is 1. The van der Waals surface area contributed by atoms with Crippen molar-refractivity contribution in [2.24, 2.45) is 5.41 Å². The second-order valence-corrected chi connectivity index (χ2v) is 6.50. The van der Waals surface area contributed by atoms with E-state index in [1.54, 1.807) is 6.20 Å². The predicted octanol–water partition coefficient (Wildman–Crippen LogP) is 2.64. The molecule has 1 aliphatic carbocycles. The number of nitrogens with zero attached hydrogens (tertiary/aromatic N) is 3. The lowest BCUT2D eigenvalue weighted by molar-refractivity contribution is 0.0981. The lowest BCUT2D eigenvalue weighted by atomic mass is 9.75. The van der Waals surface area contributed by atoms with E-state index < -0.39 is 0 Å². The molecule has 0 amide bonds. The van der Waals surface area contributed by atoms with Gasteiger partial charge in [0.05, 0.1) is 18.3 Å². The van der Waals surface area contributed by atoms with Crippen molar-refractivity contribution < 1.29 is 5.11 Å². The van der Waals surface area contributed by atoms with Gasteiger partial charge in [0.15, 0.2) is 0 Å². The van der Waals surface area contributed by atoms with Crippen LogP contribution in [0, 0.1) is 12.3 Å². The molecule has 0 saturated carbocycles. The number of rotatable bonds is 2. The quantitative estimate of drug-likeness (QED) is 0.913. The van der Waals surface area contributed by atoms with Crippen LogP contribution in [0.4, 0.5) is 0 Å². The van der Waals surface area contributed by atoms with Gasteiger partial charge in [-0.25, -0.2) is 9.97 Å². The van der Waals surface area contributed by atoms with Crippen molar-refractivity contribution in [2.75, 3.05) is 0 Å². The Morgan fingerprint density at radius 2 is 2.20 bits per heavy atom. The summed E-state index contributed by atoms with van der Waals surface area (Å²) >= 11 is 0. The monoisotopic (exact) mass is 271 g/mol. The zero-order valence-corrected chi connectivity index (χ0v) is 12.3. The van der Waals surface area contributed by atoms with E-state index in [9.17, 15) is 5.11 Å². The van der Waals surface area contributed by atoms with Gasteiger partial charge in [-0.1, -0.05) is 13.8 Å². The molecule has 0 saturated heterocycles. The molecule has 106 valence electrons. The molecule has 0 aromatic carbocycles. The van der Waals surface area contributed by atoms with Gasteiger partial charge in [0.25, 0.3) is 0 Å². The van der Waals surface area contributed by atoms with Crippen LogP contribution < -0.4 is 0 Å². The van der Waals surface area contributed by atoms with Crippen LogP contribution >= 0.6 is 0 Å². The highest BCUT2D eigenvalue weighted by Crippen LogP contribution is 2.41. The Kier molecular flexibility index (Phi) is 3.13. The van der Waals surface area contributed by atoms with Gasteiger partial charge in [0.1, 0.15) is 5.82 Å². The van der Waals surface area contributed by atoms with Gasteiger partial charge in [-0.2, -0.15) is 0 Å². The van der Waals surface area contributed by atoms with Crippen molar-refractivity contribution in [2.45, 2.75) is 46.3 Å². The Balaban J connectivity index is 1.93. The number of aryl methyl sites for hydroxylation is 1. The van der Waals surface area contributed by atoms with Gasteiger partial charge in [-0.05, 0) is 37.3 Å². The molecule has 2 heterocycles. The second kappa shape index (κ2) is 4.70. The average Bonchev–Trinajstić information content (AvgIpc) is 2.71. The molecule has 0 fully saturated rings. The zero-order valence-electron chi connectivity index (χ0n) is 12.3. The van der Waals surface area contributed by atoms with E-state index in [-0.39, 0.29) is 11.5 Å². The summed E-state index contributed by atoms with van der Waals surface area (Å²) in [5, 5.41) is 10.3. The molecule has 0 radical (unpaired) electrons. The SMILES string of the molecule is Cc1nccc(Cn2ccc3c2CC(C)(C)CC3O)n1. The Morgan fingerprint density at radius 3 is 2.95 bits per heavy atom. The topological polar surface area (TPSA) is 50.9 Å². The molecule has 1 unspecified atom stereocenters. The van der Waals surface area contributed by atoms with Crippen molar-refractivity contribution in [1.29, 1.82) is 0 Å². The van der Waals surface area contributed by atoms with Gasteiger partial charge in [-0.3, -0.25) is 0 Å². The number of aliphatic hydroxyl groups excluding tert-OH is 1. The first kappa shape index (κ1) is 13.3. The fraction of sp³-hybridized carbons (Fsp3) is 0.500. The van der Waals surface area contributed by atoms with Crippen molar-refractivity contribution >= 4 is 0 Å². The standard InChI is InChI=1S/C16H21N3O/c1-11-17-6-4-12(18-11)10-19-7-5-13-14(19)8-16(2,3)9-15(13)20/h4-7,15,20H,8-10H2,1-3H3. The van der Waals surface area contributed by atoms with Gasteiger partial charge >= 0.3 is 0 Å². The third kappa shape index (κ3) is 2.48. The third-order valence-electron chi connectivity index (χ3n) is 4.03. The smallest absolute Gasteiger partial charge is 0.125 e. The lowest BCUT2D eigenvalue weighted by Gasteiger charge is -2.33. The maximum absolute atomic E-state index is 10.3. The molecule has 1 N–H and O–H groups in total. The summed E-state index contributed by atoms with van der Waals surface area (Å²) < 4.78 is 2.21. The van der Waals surface area contributed by atoms with Gasteiger partial charge in [-0.15, -0.1) is 0 Å². The number of aliphatic hydroxyl groups is 1. The van der Waals surface area contributed by atoms with E-state index >= 15 is 0 Å². The molecule has 4 heteroatoms. The molecule has 2 aromatic rings. The summed E-state index contributed by atoms with van der Waals surface area (Å²) in [7, 11) is 0. The molecule has 1 atom stereocenters. The summed E-state index contributed by atoms with van der Waals surface area (Å²) in [6.45, 7) is 7.07. The highest BCUT2D eigenvalue weighted by molar-refractivity contribution is 5.29. The van der Waals surface area contributed by atoms with Crippen molar-refractivity contribution in [3.63, 3.8) is 0 Å². The lowest BCUT2D eigenvalue weighted by Crippen LogP contribution is -2.27. The molecule has 1 aliphatic rings. The first-order valence-corrected chi connectivity index (χ1v) is 7.09. The van der Waals surface area contributed by atoms with Gasteiger partial charge in [0, 0.05) is 23.7 Å². The molecule has 0 spiro atoms.